The van der Waals surface area contributed by atoms with Crippen LogP contribution in [0, 0.1) is 10.1 Å². The van der Waals surface area contributed by atoms with Crippen LogP contribution in [0.15, 0.2) is 12.1 Å². The molecule has 1 aromatic rings. The van der Waals surface area contributed by atoms with Gasteiger partial charge in [0, 0.05) is 19.2 Å². The Morgan fingerprint density at radius 3 is 2.58 bits per heavy atom. The molecule has 6 nitrogen and oxygen atoms in total. The molecule has 0 unspecified atom stereocenters. The number of nitrogens with zero attached hydrogens (tertiary/aromatic N) is 2. The third-order valence-corrected chi connectivity index (χ3v) is 2.70. The molecule has 0 atom stereocenters. The highest BCUT2D eigenvalue weighted by Crippen LogP contribution is 2.24. The Morgan fingerprint density at radius 1 is 1.16 bits per heavy atom. The van der Waals surface area contributed by atoms with Crippen molar-refractivity contribution in [1.82, 2.24) is 4.98 Å². The molecule has 1 aromatic heterocycles. The van der Waals surface area contributed by atoms with Crippen molar-refractivity contribution in [2.24, 2.45) is 0 Å². The number of hydrogen-bond donors (Lipinski definition) is 2. The first kappa shape index (κ1) is 15.2. The molecule has 1 heterocycles. The first-order valence-corrected chi connectivity index (χ1v) is 6.82. The molecular weight excluding hydrogens is 244 g/mol. The van der Waals surface area contributed by atoms with Crippen molar-refractivity contribution in [3.63, 3.8) is 0 Å². The lowest BCUT2D eigenvalue weighted by atomic mass is 10.2. The molecule has 0 aromatic carbocycles. The molecule has 0 aliphatic carbocycles. The molecule has 0 aliphatic rings. The molecule has 6 heteroatoms. The maximum atomic E-state index is 10.9. The number of pyridine rings is 1. The van der Waals surface area contributed by atoms with Gasteiger partial charge >= 0.3 is 5.69 Å². The van der Waals surface area contributed by atoms with E-state index in [2.05, 4.69) is 29.5 Å². The number of nitro groups is 1. The van der Waals surface area contributed by atoms with Gasteiger partial charge in [-0.3, -0.25) is 10.1 Å². The largest absolute Gasteiger partial charge is 0.370 e. The van der Waals surface area contributed by atoms with Gasteiger partial charge in [0.2, 0.25) is 5.82 Å². The summed E-state index contributed by atoms with van der Waals surface area (Å²) >= 11 is 0. The van der Waals surface area contributed by atoms with Crippen LogP contribution >= 0.6 is 0 Å². The van der Waals surface area contributed by atoms with E-state index in [1.807, 2.05) is 0 Å². The van der Waals surface area contributed by atoms with Crippen LogP contribution in [0.4, 0.5) is 17.3 Å². The predicted octanol–water partition coefficient (Wildman–Crippen LogP) is 3.41. The monoisotopic (exact) mass is 266 g/mol. The van der Waals surface area contributed by atoms with Gasteiger partial charge in [-0.1, -0.05) is 26.7 Å². The zero-order valence-corrected chi connectivity index (χ0v) is 11.6. The lowest BCUT2D eigenvalue weighted by molar-refractivity contribution is -0.384. The highest BCUT2D eigenvalue weighted by molar-refractivity contribution is 5.60. The summed E-state index contributed by atoms with van der Waals surface area (Å²) in [5, 5.41) is 17.1. The molecule has 0 bridgehead atoms. The summed E-state index contributed by atoms with van der Waals surface area (Å²) in [7, 11) is 0. The van der Waals surface area contributed by atoms with E-state index in [1.165, 1.54) is 6.07 Å². The quantitative estimate of drug-likeness (QED) is 0.406. The van der Waals surface area contributed by atoms with Gasteiger partial charge in [-0.05, 0) is 18.9 Å². The fourth-order valence-electron chi connectivity index (χ4n) is 1.66. The van der Waals surface area contributed by atoms with E-state index in [9.17, 15) is 10.1 Å². The Kier molecular flexibility index (Phi) is 6.63. The second-order valence-corrected chi connectivity index (χ2v) is 4.38. The van der Waals surface area contributed by atoms with Crippen molar-refractivity contribution in [2.75, 3.05) is 23.7 Å². The van der Waals surface area contributed by atoms with Crippen molar-refractivity contribution in [2.45, 2.75) is 39.5 Å². The van der Waals surface area contributed by atoms with Gasteiger partial charge in [-0.25, -0.2) is 4.98 Å². The highest BCUT2D eigenvalue weighted by Gasteiger charge is 2.15. The minimum atomic E-state index is -0.404. The summed E-state index contributed by atoms with van der Waals surface area (Å²) in [5.41, 5.74) is 0.0264. The normalized spacial score (nSPS) is 10.2. The van der Waals surface area contributed by atoms with Crippen molar-refractivity contribution in [1.29, 1.82) is 0 Å². The summed E-state index contributed by atoms with van der Waals surface area (Å²) in [4.78, 5) is 14.8. The Bertz CT molecular complexity index is 410. The van der Waals surface area contributed by atoms with E-state index in [4.69, 9.17) is 0 Å². The van der Waals surface area contributed by atoms with Crippen LogP contribution in [-0.4, -0.2) is 23.0 Å². The van der Waals surface area contributed by atoms with Crippen molar-refractivity contribution in [3.8, 4) is 0 Å². The molecule has 0 aliphatic heterocycles. The Balaban J connectivity index is 2.74. The van der Waals surface area contributed by atoms with Crippen LogP contribution in [0.3, 0.4) is 0 Å². The van der Waals surface area contributed by atoms with Crippen LogP contribution in [-0.2, 0) is 0 Å². The van der Waals surface area contributed by atoms with Gasteiger partial charge in [-0.2, -0.15) is 0 Å². The number of rotatable bonds is 9. The van der Waals surface area contributed by atoms with E-state index in [0.29, 0.717) is 18.2 Å². The third-order valence-electron chi connectivity index (χ3n) is 2.70. The number of aromatic nitrogens is 1. The van der Waals surface area contributed by atoms with Gasteiger partial charge in [0.25, 0.3) is 0 Å². The highest BCUT2D eigenvalue weighted by atomic mass is 16.6. The van der Waals surface area contributed by atoms with Crippen LogP contribution in [0.1, 0.15) is 39.5 Å². The SMILES string of the molecule is CCCCCNc1nc(NCCC)ccc1[N+](=O)[O-]. The molecule has 0 spiro atoms. The summed E-state index contributed by atoms with van der Waals surface area (Å²) in [6.45, 7) is 5.69. The second kappa shape index (κ2) is 8.29. The van der Waals surface area contributed by atoms with Crippen LogP contribution in [0.5, 0.6) is 0 Å². The Hall–Kier alpha value is -1.85. The van der Waals surface area contributed by atoms with Crippen LogP contribution in [0.2, 0.25) is 0 Å². The maximum absolute atomic E-state index is 10.9. The molecule has 0 saturated carbocycles. The zero-order valence-electron chi connectivity index (χ0n) is 11.6. The summed E-state index contributed by atoms with van der Waals surface area (Å²) < 4.78 is 0. The van der Waals surface area contributed by atoms with Crippen molar-refractivity contribution < 1.29 is 4.92 Å². The minimum absolute atomic E-state index is 0.0264. The van der Waals surface area contributed by atoms with Gasteiger partial charge < -0.3 is 10.6 Å². The zero-order chi connectivity index (χ0) is 14.1. The first-order chi connectivity index (χ1) is 9.19. The average Bonchev–Trinajstić information content (AvgIpc) is 2.41. The molecule has 0 fully saturated rings. The fourth-order valence-corrected chi connectivity index (χ4v) is 1.66. The Morgan fingerprint density at radius 2 is 1.95 bits per heavy atom. The van der Waals surface area contributed by atoms with E-state index < -0.39 is 4.92 Å². The average molecular weight is 266 g/mol. The molecule has 106 valence electrons. The van der Waals surface area contributed by atoms with Gasteiger partial charge in [0.1, 0.15) is 5.82 Å². The lowest BCUT2D eigenvalue weighted by Gasteiger charge is -2.09. The van der Waals surface area contributed by atoms with E-state index in [0.717, 1.165) is 32.2 Å². The Labute approximate surface area is 113 Å². The third kappa shape index (κ3) is 5.11. The first-order valence-electron chi connectivity index (χ1n) is 6.82. The summed E-state index contributed by atoms with van der Waals surface area (Å²) in [6.07, 6.45) is 4.20. The fraction of sp³-hybridized carbons (Fsp3) is 0.615. The second-order valence-electron chi connectivity index (χ2n) is 4.38. The lowest BCUT2D eigenvalue weighted by Crippen LogP contribution is -2.09. The molecular formula is C13H22N4O2. The number of unbranched alkanes of at least 4 members (excludes halogenated alkanes) is 2. The molecule has 19 heavy (non-hydrogen) atoms. The number of nitrogens with one attached hydrogen (secondary N) is 2. The standard InChI is InChI=1S/C13H22N4O2/c1-3-5-6-10-15-13-11(17(18)19)7-8-12(16-13)14-9-4-2/h7-8H,3-6,9-10H2,1-2H3,(H2,14,15,16). The van der Waals surface area contributed by atoms with E-state index in [1.54, 1.807) is 6.07 Å². The molecule has 0 amide bonds. The van der Waals surface area contributed by atoms with Crippen LogP contribution < -0.4 is 10.6 Å². The smallest absolute Gasteiger partial charge is 0.311 e. The summed E-state index contributed by atoms with van der Waals surface area (Å²) in [6, 6.07) is 3.14. The van der Waals surface area contributed by atoms with Crippen molar-refractivity contribution >= 4 is 17.3 Å². The van der Waals surface area contributed by atoms with Gasteiger partial charge in [0.15, 0.2) is 0 Å². The maximum Gasteiger partial charge on any atom is 0.311 e. The van der Waals surface area contributed by atoms with Gasteiger partial charge in [0.05, 0.1) is 4.92 Å². The van der Waals surface area contributed by atoms with Gasteiger partial charge in [-0.15, -0.1) is 0 Å². The van der Waals surface area contributed by atoms with E-state index in [-0.39, 0.29) is 5.69 Å². The van der Waals surface area contributed by atoms with Crippen LogP contribution in [0.25, 0.3) is 0 Å². The molecule has 1 rings (SSSR count). The molecule has 0 saturated heterocycles. The molecule has 0 radical (unpaired) electrons. The predicted molar refractivity (Wildman–Crippen MR) is 77.7 cm³/mol. The van der Waals surface area contributed by atoms with Crippen molar-refractivity contribution in [3.05, 3.63) is 22.2 Å². The summed E-state index contributed by atoms with van der Waals surface area (Å²) in [5.74, 6) is 1.02. The topological polar surface area (TPSA) is 80.1 Å². The number of hydrogen-bond acceptors (Lipinski definition) is 5. The molecule has 2 N–H and O–H groups in total. The van der Waals surface area contributed by atoms with E-state index >= 15 is 0 Å². The minimum Gasteiger partial charge on any atom is -0.370 e. The number of anilines is 2.